The summed E-state index contributed by atoms with van der Waals surface area (Å²) in [4.78, 5) is 11.6. The average Bonchev–Trinajstić information content (AvgIpc) is 2.89. The van der Waals surface area contributed by atoms with Crippen LogP contribution in [-0.2, 0) is 11.2 Å². The fourth-order valence-electron chi connectivity index (χ4n) is 1.53. The molecule has 1 aliphatic carbocycles. The Hall–Kier alpha value is -0.900. The first kappa shape index (κ1) is 11.6. The minimum Gasteiger partial charge on any atom is -0.351 e. The lowest BCUT2D eigenvalue weighted by atomic mass is 10.1. The Morgan fingerprint density at radius 3 is 2.81 bits per heavy atom. The van der Waals surface area contributed by atoms with Crippen molar-refractivity contribution in [2.24, 2.45) is 0 Å². The molecular weight excluding hydrogens is 273 g/mol. The molecule has 0 radical (unpaired) electrons. The van der Waals surface area contributed by atoms with E-state index in [4.69, 9.17) is 0 Å². The molecule has 2 rings (SSSR count). The van der Waals surface area contributed by atoms with Gasteiger partial charge in [-0.15, -0.1) is 0 Å². The van der Waals surface area contributed by atoms with Crippen LogP contribution in [0, 0.1) is 5.82 Å². The topological polar surface area (TPSA) is 29.1 Å². The molecule has 1 aliphatic rings. The second-order valence-electron chi connectivity index (χ2n) is 4.53. The molecule has 0 heterocycles. The third kappa shape index (κ3) is 2.82. The Morgan fingerprint density at radius 2 is 2.25 bits per heavy atom. The van der Waals surface area contributed by atoms with Crippen molar-refractivity contribution in [1.29, 1.82) is 0 Å². The van der Waals surface area contributed by atoms with Gasteiger partial charge in [-0.05, 0) is 53.4 Å². The molecule has 2 nitrogen and oxygen atoms in total. The smallest absolute Gasteiger partial charge is 0.224 e. The summed E-state index contributed by atoms with van der Waals surface area (Å²) >= 11 is 3.08. The molecule has 0 bridgehead atoms. The molecule has 0 atom stereocenters. The van der Waals surface area contributed by atoms with Crippen molar-refractivity contribution < 1.29 is 9.18 Å². The van der Waals surface area contributed by atoms with Crippen molar-refractivity contribution in [2.75, 3.05) is 0 Å². The number of benzene rings is 1. The highest BCUT2D eigenvalue weighted by atomic mass is 79.9. The zero-order valence-electron chi connectivity index (χ0n) is 9.02. The van der Waals surface area contributed by atoms with Gasteiger partial charge in [-0.1, -0.05) is 6.07 Å². The van der Waals surface area contributed by atoms with Crippen LogP contribution in [0.4, 0.5) is 4.39 Å². The van der Waals surface area contributed by atoms with Crippen molar-refractivity contribution in [3.05, 3.63) is 34.1 Å². The van der Waals surface area contributed by atoms with Gasteiger partial charge in [0.25, 0.3) is 0 Å². The van der Waals surface area contributed by atoms with Crippen molar-refractivity contribution in [3.8, 4) is 0 Å². The maximum Gasteiger partial charge on any atom is 0.224 e. The summed E-state index contributed by atoms with van der Waals surface area (Å²) in [5, 5.41) is 2.94. The molecule has 0 aromatic heterocycles. The van der Waals surface area contributed by atoms with E-state index in [2.05, 4.69) is 21.2 Å². The molecule has 0 saturated heterocycles. The maximum atomic E-state index is 13.2. The second-order valence-corrected chi connectivity index (χ2v) is 5.39. The number of carbonyl (C=O) groups is 1. The van der Waals surface area contributed by atoms with Gasteiger partial charge < -0.3 is 5.32 Å². The third-order valence-electron chi connectivity index (χ3n) is 2.79. The van der Waals surface area contributed by atoms with E-state index in [0.717, 1.165) is 12.8 Å². The molecular formula is C12H13BrFNO. The van der Waals surface area contributed by atoms with E-state index in [9.17, 15) is 9.18 Å². The molecule has 86 valence electrons. The lowest BCUT2D eigenvalue weighted by Crippen LogP contribution is -2.35. The molecule has 0 unspecified atom stereocenters. The van der Waals surface area contributed by atoms with E-state index in [1.54, 1.807) is 12.1 Å². The SMILES string of the molecule is CC1(NC(=O)Cc2ccc(Br)c(F)c2)CC1. The predicted octanol–water partition coefficient (Wildman–Crippen LogP) is 2.80. The fraction of sp³-hybridized carbons (Fsp3) is 0.417. The average molecular weight is 286 g/mol. The van der Waals surface area contributed by atoms with Crippen LogP contribution in [0.15, 0.2) is 22.7 Å². The molecule has 1 amide bonds. The van der Waals surface area contributed by atoms with E-state index in [1.807, 2.05) is 6.92 Å². The van der Waals surface area contributed by atoms with Crippen molar-refractivity contribution >= 4 is 21.8 Å². The molecule has 1 N–H and O–H groups in total. The van der Waals surface area contributed by atoms with Crippen molar-refractivity contribution in [1.82, 2.24) is 5.32 Å². The van der Waals surface area contributed by atoms with Crippen LogP contribution in [-0.4, -0.2) is 11.4 Å². The van der Waals surface area contributed by atoms with Gasteiger partial charge in [0.15, 0.2) is 0 Å². The van der Waals surface area contributed by atoms with Crippen LogP contribution in [0.5, 0.6) is 0 Å². The monoisotopic (exact) mass is 285 g/mol. The Balaban J connectivity index is 1.97. The van der Waals surface area contributed by atoms with Gasteiger partial charge in [0.2, 0.25) is 5.91 Å². The predicted molar refractivity (Wildman–Crippen MR) is 63.6 cm³/mol. The fourth-order valence-corrected chi connectivity index (χ4v) is 1.77. The highest BCUT2D eigenvalue weighted by molar-refractivity contribution is 9.10. The largest absolute Gasteiger partial charge is 0.351 e. The number of nitrogens with one attached hydrogen (secondary N) is 1. The van der Waals surface area contributed by atoms with Gasteiger partial charge in [-0.25, -0.2) is 4.39 Å². The first-order valence-corrected chi connectivity index (χ1v) is 6.03. The van der Waals surface area contributed by atoms with Gasteiger partial charge in [0, 0.05) is 5.54 Å². The number of hydrogen-bond donors (Lipinski definition) is 1. The lowest BCUT2D eigenvalue weighted by molar-refractivity contribution is -0.121. The first-order valence-electron chi connectivity index (χ1n) is 5.23. The molecule has 0 aliphatic heterocycles. The minimum absolute atomic E-state index is 0.00894. The van der Waals surface area contributed by atoms with Crippen molar-refractivity contribution in [2.45, 2.75) is 31.7 Å². The normalized spacial score (nSPS) is 16.9. The van der Waals surface area contributed by atoms with Gasteiger partial charge in [0.05, 0.1) is 10.9 Å². The number of hydrogen-bond acceptors (Lipinski definition) is 1. The van der Waals surface area contributed by atoms with E-state index in [0.29, 0.717) is 10.0 Å². The van der Waals surface area contributed by atoms with E-state index >= 15 is 0 Å². The lowest BCUT2D eigenvalue weighted by Gasteiger charge is -2.11. The summed E-state index contributed by atoms with van der Waals surface area (Å²) in [7, 11) is 0. The summed E-state index contributed by atoms with van der Waals surface area (Å²) in [6.07, 6.45) is 2.31. The summed E-state index contributed by atoms with van der Waals surface area (Å²) < 4.78 is 13.6. The van der Waals surface area contributed by atoms with E-state index in [1.165, 1.54) is 6.07 Å². The molecule has 0 spiro atoms. The zero-order chi connectivity index (χ0) is 11.8. The summed E-state index contributed by atoms with van der Waals surface area (Å²) in [6.45, 7) is 2.02. The quantitative estimate of drug-likeness (QED) is 0.909. The van der Waals surface area contributed by atoms with Gasteiger partial charge in [-0.3, -0.25) is 4.79 Å². The van der Waals surface area contributed by atoms with Gasteiger partial charge in [0.1, 0.15) is 5.82 Å². The highest BCUT2D eigenvalue weighted by Crippen LogP contribution is 2.34. The molecule has 1 saturated carbocycles. The Labute approximate surface area is 102 Å². The molecule has 4 heteroatoms. The van der Waals surface area contributed by atoms with Gasteiger partial charge >= 0.3 is 0 Å². The van der Waals surface area contributed by atoms with Crippen LogP contribution in [0.1, 0.15) is 25.3 Å². The molecule has 1 fully saturated rings. The van der Waals surface area contributed by atoms with Crippen LogP contribution < -0.4 is 5.32 Å². The standard InChI is InChI=1S/C12H13BrFNO/c1-12(4-5-12)15-11(16)7-8-2-3-9(13)10(14)6-8/h2-3,6H,4-5,7H2,1H3,(H,15,16). The Bertz CT molecular complexity index is 429. The van der Waals surface area contributed by atoms with E-state index in [-0.39, 0.29) is 23.7 Å². The van der Waals surface area contributed by atoms with Crippen LogP contribution in [0.25, 0.3) is 0 Å². The minimum atomic E-state index is -0.331. The number of halogens is 2. The zero-order valence-corrected chi connectivity index (χ0v) is 10.6. The first-order chi connectivity index (χ1) is 7.48. The summed E-state index contributed by atoms with van der Waals surface area (Å²) in [5.41, 5.74) is 0.688. The summed E-state index contributed by atoms with van der Waals surface area (Å²) in [6, 6.07) is 4.76. The van der Waals surface area contributed by atoms with Crippen LogP contribution >= 0.6 is 15.9 Å². The van der Waals surface area contributed by atoms with Crippen molar-refractivity contribution in [3.63, 3.8) is 0 Å². The summed E-state index contributed by atoms with van der Waals surface area (Å²) in [5.74, 6) is -0.371. The molecule has 16 heavy (non-hydrogen) atoms. The maximum absolute atomic E-state index is 13.2. The number of rotatable bonds is 3. The third-order valence-corrected chi connectivity index (χ3v) is 3.43. The van der Waals surface area contributed by atoms with Crippen LogP contribution in [0.2, 0.25) is 0 Å². The Morgan fingerprint density at radius 1 is 1.56 bits per heavy atom. The molecule has 1 aromatic carbocycles. The van der Waals surface area contributed by atoms with Crippen LogP contribution in [0.3, 0.4) is 0 Å². The van der Waals surface area contributed by atoms with Gasteiger partial charge in [-0.2, -0.15) is 0 Å². The second kappa shape index (κ2) is 4.17. The highest BCUT2D eigenvalue weighted by Gasteiger charge is 2.38. The number of amides is 1. The Kier molecular flexibility index (Phi) is 3.02. The van der Waals surface area contributed by atoms with E-state index < -0.39 is 0 Å². The number of carbonyl (C=O) groups excluding carboxylic acids is 1. The molecule has 1 aromatic rings.